The minimum absolute atomic E-state index is 0.0953. The van der Waals surface area contributed by atoms with E-state index in [1.54, 1.807) is 17.0 Å². The van der Waals surface area contributed by atoms with Crippen LogP contribution in [0.1, 0.15) is 51.4 Å². The Morgan fingerprint density at radius 3 is 2.29 bits per heavy atom. The number of carbonyl (C=O) groups excluding carboxylic acids is 2. The fourth-order valence-electron chi connectivity index (χ4n) is 3.70. The van der Waals surface area contributed by atoms with Crippen LogP contribution in [-0.4, -0.2) is 24.4 Å². The zero-order valence-electron chi connectivity index (χ0n) is 14.0. The highest BCUT2D eigenvalue weighted by Crippen LogP contribution is 2.27. The molecule has 0 radical (unpaired) electrons. The van der Waals surface area contributed by atoms with Crippen molar-refractivity contribution in [3.63, 3.8) is 0 Å². The maximum absolute atomic E-state index is 12.6. The molecule has 0 spiro atoms. The number of anilines is 1. The molecular weight excluding hydrogens is 324 g/mol. The molecule has 3 rings (SSSR count). The lowest BCUT2D eigenvalue weighted by molar-refractivity contribution is -0.132. The van der Waals surface area contributed by atoms with Gasteiger partial charge in [0.05, 0.1) is 0 Å². The van der Waals surface area contributed by atoms with Crippen LogP contribution in [0.2, 0.25) is 5.02 Å². The van der Waals surface area contributed by atoms with Crippen LogP contribution < -0.4 is 10.2 Å². The number of halogens is 1. The van der Waals surface area contributed by atoms with E-state index in [2.05, 4.69) is 5.32 Å². The van der Waals surface area contributed by atoms with Crippen molar-refractivity contribution in [1.82, 2.24) is 5.32 Å². The highest BCUT2D eigenvalue weighted by molar-refractivity contribution is 6.30. The molecule has 1 aromatic rings. The first-order chi connectivity index (χ1) is 11.6. The number of hydrogen-bond acceptors (Lipinski definition) is 2. The van der Waals surface area contributed by atoms with E-state index in [0.29, 0.717) is 18.0 Å². The zero-order chi connectivity index (χ0) is 16.9. The van der Waals surface area contributed by atoms with Crippen LogP contribution in [-0.2, 0) is 9.59 Å². The lowest BCUT2D eigenvalue weighted by Gasteiger charge is -2.22. The monoisotopic (exact) mass is 348 g/mol. The lowest BCUT2D eigenvalue weighted by Crippen LogP contribution is -2.42. The molecule has 1 aliphatic carbocycles. The quantitative estimate of drug-likeness (QED) is 0.841. The SMILES string of the molecule is O=C(NC1CCCCCCC1)C1CCN(c2ccc(Cl)cc2)C1=O. The van der Waals surface area contributed by atoms with Crippen molar-refractivity contribution in [3.8, 4) is 0 Å². The van der Waals surface area contributed by atoms with Crippen molar-refractivity contribution in [1.29, 1.82) is 0 Å². The van der Waals surface area contributed by atoms with Crippen LogP contribution in [0, 0.1) is 5.92 Å². The molecule has 4 nitrogen and oxygen atoms in total. The molecule has 1 heterocycles. The first-order valence-corrected chi connectivity index (χ1v) is 9.40. The Hall–Kier alpha value is -1.55. The van der Waals surface area contributed by atoms with Crippen LogP contribution in [0.15, 0.2) is 24.3 Å². The molecule has 1 saturated heterocycles. The summed E-state index contributed by atoms with van der Waals surface area (Å²) in [4.78, 5) is 26.9. The summed E-state index contributed by atoms with van der Waals surface area (Å²) in [5, 5.41) is 3.78. The molecule has 1 unspecified atom stereocenters. The third-order valence-electron chi connectivity index (χ3n) is 5.11. The van der Waals surface area contributed by atoms with Gasteiger partial charge in [0.1, 0.15) is 5.92 Å². The highest BCUT2D eigenvalue weighted by Gasteiger charge is 2.38. The van der Waals surface area contributed by atoms with Crippen molar-refractivity contribution in [3.05, 3.63) is 29.3 Å². The minimum atomic E-state index is -0.550. The Balaban J connectivity index is 1.59. The number of benzene rings is 1. The first-order valence-electron chi connectivity index (χ1n) is 9.02. The molecule has 130 valence electrons. The fraction of sp³-hybridized carbons (Fsp3) is 0.579. The van der Waals surface area contributed by atoms with Crippen LogP contribution in [0.25, 0.3) is 0 Å². The van der Waals surface area contributed by atoms with Gasteiger partial charge in [-0.2, -0.15) is 0 Å². The summed E-state index contributed by atoms with van der Waals surface area (Å²) in [5.41, 5.74) is 0.811. The van der Waals surface area contributed by atoms with E-state index >= 15 is 0 Å². The summed E-state index contributed by atoms with van der Waals surface area (Å²) >= 11 is 5.90. The third-order valence-corrected chi connectivity index (χ3v) is 5.36. The van der Waals surface area contributed by atoms with E-state index in [4.69, 9.17) is 11.6 Å². The van der Waals surface area contributed by atoms with Gasteiger partial charge in [0.25, 0.3) is 0 Å². The van der Waals surface area contributed by atoms with Gasteiger partial charge >= 0.3 is 0 Å². The summed E-state index contributed by atoms with van der Waals surface area (Å²) in [7, 11) is 0. The second kappa shape index (κ2) is 8.02. The molecule has 5 heteroatoms. The van der Waals surface area contributed by atoms with Crippen LogP contribution in [0.3, 0.4) is 0 Å². The number of hydrogen-bond donors (Lipinski definition) is 1. The normalized spacial score (nSPS) is 23.0. The number of nitrogens with zero attached hydrogens (tertiary/aromatic N) is 1. The zero-order valence-corrected chi connectivity index (χ0v) is 14.7. The van der Waals surface area contributed by atoms with E-state index in [1.165, 1.54) is 32.1 Å². The molecule has 1 aromatic carbocycles. The smallest absolute Gasteiger partial charge is 0.239 e. The van der Waals surface area contributed by atoms with Gasteiger partial charge in [0.2, 0.25) is 11.8 Å². The highest BCUT2D eigenvalue weighted by atomic mass is 35.5. The fourth-order valence-corrected chi connectivity index (χ4v) is 3.83. The van der Waals surface area contributed by atoms with Gasteiger partial charge in [-0.1, -0.05) is 43.7 Å². The molecule has 2 amide bonds. The van der Waals surface area contributed by atoms with E-state index < -0.39 is 5.92 Å². The van der Waals surface area contributed by atoms with Crippen LogP contribution in [0.5, 0.6) is 0 Å². The average Bonchev–Trinajstić information content (AvgIpc) is 2.92. The lowest BCUT2D eigenvalue weighted by atomic mass is 9.96. The van der Waals surface area contributed by atoms with E-state index in [-0.39, 0.29) is 17.9 Å². The molecule has 24 heavy (non-hydrogen) atoms. The largest absolute Gasteiger partial charge is 0.353 e. The summed E-state index contributed by atoms with van der Waals surface area (Å²) in [6, 6.07) is 7.43. The summed E-state index contributed by atoms with van der Waals surface area (Å²) < 4.78 is 0. The Morgan fingerprint density at radius 1 is 1.00 bits per heavy atom. The molecule has 1 atom stereocenters. The first kappa shape index (κ1) is 17.3. The Labute approximate surface area is 148 Å². The molecule has 0 aromatic heterocycles. The predicted molar refractivity (Wildman–Crippen MR) is 96.2 cm³/mol. The molecule has 1 N–H and O–H groups in total. The van der Waals surface area contributed by atoms with Gasteiger partial charge in [-0.15, -0.1) is 0 Å². The molecule has 1 saturated carbocycles. The number of nitrogens with one attached hydrogen (secondary N) is 1. The topological polar surface area (TPSA) is 49.4 Å². The molecule has 1 aliphatic heterocycles. The summed E-state index contributed by atoms with van der Waals surface area (Å²) in [6.45, 7) is 0.587. The Bertz CT molecular complexity index is 580. The summed E-state index contributed by atoms with van der Waals surface area (Å²) in [6.07, 6.45) is 8.79. The number of amides is 2. The van der Waals surface area contributed by atoms with Gasteiger partial charge in [-0.25, -0.2) is 0 Å². The standard InChI is InChI=1S/C19H25ClN2O2/c20-14-8-10-16(11-9-14)22-13-12-17(19(22)24)18(23)21-15-6-4-2-1-3-5-7-15/h8-11,15,17H,1-7,12-13H2,(H,21,23). The van der Waals surface area contributed by atoms with Crippen molar-refractivity contribution < 1.29 is 9.59 Å². The van der Waals surface area contributed by atoms with E-state index in [1.807, 2.05) is 12.1 Å². The molecule has 2 aliphatic rings. The van der Waals surface area contributed by atoms with Gasteiger partial charge in [0.15, 0.2) is 0 Å². The second-order valence-electron chi connectivity index (χ2n) is 6.86. The average molecular weight is 349 g/mol. The van der Waals surface area contributed by atoms with Crippen LogP contribution >= 0.6 is 11.6 Å². The molecule has 0 bridgehead atoms. The van der Waals surface area contributed by atoms with Crippen molar-refractivity contribution >= 4 is 29.1 Å². The van der Waals surface area contributed by atoms with E-state index in [0.717, 1.165) is 18.5 Å². The van der Waals surface area contributed by atoms with Crippen molar-refractivity contribution in [2.24, 2.45) is 5.92 Å². The Kier molecular flexibility index (Phi) is 5.77. The van der Waals surface area contributed by atoms with Gasteiger partial charge in [0, 0.05) is 23.3 Å². The predicted octanol–water partition coefficient (Wildman–Crippen LogP) is 3.92. The molecular formula is C19H25ClN2O2. The summed E-state index contributed by atoms with van der Waals surface area (Å²) in [5.74, 6) is -0.742. The van der Waals surface area contributed by atoms with Crippen molar-refractivity contribution in [2.45, 2.75) is 57.4 Å². The maximum Gasteiger partial charge on any atom is 0.239 e. The minimum Gasteiger partial charge on any atom is -0.353 e. The Morgan fingerprint density at radius 2 is 1.62 bits per heavy atom. The number of carbonyl (C=O) groups is 2. The molecule has 2 fully saturated rings. The van der Waals surface area contributed by atoms with E-state index in [9.17, 15) is 9.59 Å². The maximum atomic E-state index is 12.6. The van der Waals surface area contributed by atoms with Gasteiger partial charge in [-0.3, -0.25) is 9.59 Å². The second-order valence-corrected chi connectivity index (χ2v) is 7.29. The van der Waals surface area contributed by atoms with Crippen molar-refractivity contribution in [2.75, 3.05) is 11.4 Å². The van der Waals surface area contributed by atoms with Gasteiger partial charge < -0.3 is 10.2 Å². The van der Waals surface area contributed by atoms with Crippen LogP contribution in [0.4, 0.5) is 5.69 Å². The third kappa shape index (κ3) is 4.10. The van der Waals surface area contributed by atoms with Gasteiger partial charge in [-0.05, 0) is 43.5 Å². The number of rotatable bonds is 3.